The third-order valence-electron chi connectivity index (χ3n) is 7.62. The molecule has 2 amide bonds. The van der Waals surface area contributed by atoms with Crippen LogP contribution < -0.4 is 5.32 Å². The van der Waals surface area contributed by atoms with Crippen LogP contribution in [0.25, 0.3) is 0 Å². The Morgan fingerprint density at radius 2 is 1.73 bits per heavy atom. The molecule has 242 valence electrons. The molecule has 1 saturated carbocycles. The van der Waals surface area contributed by atoms with E-state index in [0.29, 0.717) is 43.9 Å². The molecule has 44 heavy (non-hydrogen) atoms. The number of hydrogen-bond acceptors (Lipinski definition) is 6. The Morgan fingerprint density at radius 1 is 1.02 bits per heavy atom. The number of hydrogen-bond donors (Lipinski definition) is 2. The quantitative estimate of drug-likeness (QED) is 0.120. The first kappa shape index (κ1) is 36.7. The number of unbranched alkanes of at least 4 members (excludes halogenated alkanes) is 2. The van der Waals surface area contributed by atoms with Gasteiger partial charge in [0.2, 0.25) is 6.08 Å². The zero-order valence-electron chi connectivity index (χ0n) is 27.0. The van der Waals surface area contributed by atoms with Gasteiger partial charge in [0.25, 0.3) is 0 Å². The number of ether oxygens (including phenoxy) is 2. The highest BCUT2D eigenvalue weighted by Gasteiger charge is 2.24. The molecule has 2 aromatic rings. The molecule has 0 bridgehead atoms. The fourth-order valence-corrected chi connectivity index (χ4v) is 5.03. The first-order valence-electron chi connectivity index (χ1n) is 16.0. The van der Waals surface area contributed by atoms with E-state index in [1.165, 1.54) is 11.6 Å². The van der Waals surface area contributed by atoms with Gasteiger partial charge in [-0.2, -0.15) is 0 Å². The molecule has 0 aromatic heterocycles. The maximum atomic E-state index is 12.8. The topological polar surface area (TPSA) is 118 Å². The molecule has 0 saturated heterocycles. The lowest BCUT2D eigenvalue weighted by atomic mass is 9.94. The summed E-state index contributed by atoms with van der Waals surface area (Å²) in [5, 5.41) is 12.6. The number of aryl methyl sites for hydroxylation is 2. The number of nitrogens with one attached hydrogen (secondary N) is 1. The molecule has 2 N–H and O–H groups in total. The zero-order chi connectivity index (χ0) is 32.2. The SMILES string of the molecule is CCCCN=C=O.CCCCNC(=O)N(CCO[C@H]1CCC[C@@H](OCc2cccc(C)c2C(=O)O)C1)Cc1ccc(C)cc1. The number of isocyanates is 1. The molecule has 0 aliphatic heterocycles. The second-order valence-electron chi connectivity index (χ2n) is 11.3. The molecule has 2 atom stereocenters. The van der Waals surface area contributed by atoms with Crippen LogP contribution in [0.15, 0.2) is 47.5 Å². The summed E-state index contributed by atoms with van der Waals surface area (Å²) in [6, 6.07) is 13.7. The molecule has 0 spiro atoms. The summed E-state index contributed by atoms with van der Waals surface area (Å²) < 4.78 is 12.4. The van der Waals surface area contributed by atoms with Crippen molar-refractivity contribution in [2.24, 2.45) is 4.99 Å². The first-order chi connectivity index (χ1) is 21.3. The highest BCUT2D eigenvalue weighted by Crippen LogP contribution is 2.25. The van der Waals surface area contributed by atoms with Gasteiger partial charge in [0, 0.05) is 19.6 Å². The predicted octanol–water partition coefficient (Wildman–Crippen LogP) is 6.98. The van der Waals surface area contributed by atoms with Gasteiger partial charge in [-0.05, 0) is 69.1 Å². The van der Waals surface area contributed by atoms with E-state index >= 15 is 0 Å². The number of carbonyl (C=O) groups is 2. The van der Waals surface area contributed by atoms with Gasteiger partial charge in [0.05, 0.1) is 37.5 Å². The van der Waals surface area contributed by atoms with Crippen LogP contribution in [-0.4, -0.2) is 66.5 Å². The normalized spacial score (nSPS) is 15.8. The van der Waals surface area contributed by atoms with E-state index in [9.17, 15) is 19.5 Å². The van der Waals surface area contributed by atoms with Crippen molar-refractivity contribution in [3.63, 3.8) is 0 Å². The summed E-state index contributed by atoms with van der Waals surface area (Å²) in [5.41, 5.74) is 4.07. The second kappa shape index (κ2) is 21.2. The van der Waals surface area contributed by atoms with Crippen LogP contribution in [0.1, 0.15) is 97.8 Å². The molecule has 0 heterocycles. The maximum Gasteiger partial charge on any atom is 0.336 e. The minimum atomic E-state index is -0.921. The number of carboxylic acid groups (broad SMARTS) is 1. The minimum absolute atomic E-state index is 0.0295. The van der Waals surface area contributed by atoms with Crippen molar-refractivity contribution in [1.29, 1.82) is 0 Å². The number of rotatable bonds is 16. The average Bonchev–Trinajstić information content (AvgIpc) is 3.01. The third-order valence-corrected chi connectivity index (χ3v) is 7.62. The van der Waals surface area contributed by atoms with E-state index in [2.05, 4.69) is 55.3 Å². The number of aliphatic imine (C=N–C) groups is 1. The highest BCUT2D eigenvalue weighted by atomic mass is 16.5. The van der Waals surface area contributed by atoms with Gasteiger partial charge in [-0.1, -0.05) is 74.7 Å². The van der Waals surface area contributed by atoms with Crippen molar-refractivity contribution in [2.45, 2.75) is 104 Å². The molecule has 0 unspecified atom stereocenters. The standard InChI is InChI=1S/C30H42N2O5.C5H9NO/c1-4-5-16-31-30(35)32(20-24-14-12-22(2)13-15-24)17-18-36-26-10-7-11-27(19-26)37-21-25-9-6-8-23(3)28(25)29(33)34;1-2-3-4-6-5-7/h6,8-9,12-15,26-27H,4-5,7,10-11,16-21H2,1-3H3,(H,31,35)(H,33,34);2-4H2,1H3/t26-,27+;/m0./s1. The largest absolute Gasteiger partial charge is 0.478 e. The monoisotopic (exact) mass is 609 g/mol. The van der Waals surface area contributed by atoms with E-state index in [0.717, 1.165) is 62.5 Å². The van der Waals surface area contributed by atoms with E-state index in [4.69, 9.17) is 9.47 Å². The van der Waals surface area contributed by atoms with E-state index in [-0.39, 0.29) is 24.8 Å². The Labute approximate surface area is 263 Å². The molecule has 0 radical (unpaired) electrons. The summed E-state index contributed by atoms with van der Waals surface area (Å²) >= 11 is 0. The van der Waals surface area contributed by atoms with Crippen LogP contribution in [0.3, 0.4) is 0 Å². The van der Waals surface area contributed by atoms with Crippen LogP contribution in [0.5, 0.6) is 0 Å². The molecular formula is C35H51N3O6. The van der Waals surface area contributed by atoms with Crippen LogP contribution >= 0.6 is 0 Å². The van der Waals surface area contributed by atoms with Crippen LogP contribution in [0.2, 0.25) is 0 Å². The Kier molecular flexibility index (Phi) is 17.7. The molecule has 3 rings (SSSR count). The molecule has 9 heteroatoms. The van der Waals surface area contributed by atoms with Crippen molar-refractivity contribution in [2.75, 3.05) is 26.2 Å². The fraction of sp³-hybridized carbons (Fsp3) is 0.571. The summed E-state index contributed by atoms with van der Waals surface area (Å²) in [5.74, 6) is -0.921. The number of carboxylic acids is 1. The number of aromatic carboxylic acids is 1. The van der Waals surface area contributed by atoms with Crippen molar-refractivity contribution in [1.82, 2.24) is 10.2 Å². The zero-order valence-corrected chi connectivity index (χ0v) is 27.0. The lowest BCUT2D eigenvalue weighted by Gasteiger charge is -2.30. The van der Waals surface area contributed by atoms with Crippen molar-refractivity contribution >= 4 is 18.1 Å². The highest BCUT2D eigenvalue weighted by molar-refractivity contribution is 5.91. The van der Waals surface area contributed by atoms with Crippen LogP contribution in [-0.2, 0) is 27.4 Å². The summed E-state index contributed by atoms with van der Waals surface area (Å²) in [7, 11) is 0. The molecular weight excluding hydrogens is 558 g/mol. The van der Waals surface area contributed by atoms with Crippen LogP contribution in [0.4, 0.5) is 4.79 Å². The van der Waals surface area contributed by atoms with E-state index < -0.39 is 5.97 Å². The van der Waals surface area contributed by atoms with Gasteiger partial charge in [-0.15, -0.1) is 0 Å². The van der Waals surface area contributed by atoms with Crippen LogP contribution in [0, 0.1) is 13.8 Å². The Balaban J connectivity index is 0.000000860. The molecule has 9 nitrogen and oxygen atoms in total. The number of benzene rings is 2. The Bertz CT molecular complexity index is 1180. The molecule has 1 aliphatic carbocycles. The van der Waals surface area contributed by atoms with Crippen molar-refractivity contribution in [3.8, 4) is 0 Å². The fourth-order valence-electron chi connectivity index (χ4n) is 5.03. The Morgan fingerprint density at radius 3 is 2.39 bits per heavy atom. The van der Waals surface area contributed by atoms with Gasteiger partial charge in [0.15, 0.2) is 0 Å². The van der Waals surface area contributed by atoms with Crippen molar-refractivity contribution < 1.29 is 29.0 Å². The lowest BCUT2D eigenvalue weighted by molar-refractivity contribution is -0.0526. The second-order valence-corrected chi connectivity index (χ2v) is 11.3. The maximum absolute atomic E-state index is 12.8. The van der Waals surface area contributed by atoms with Gasteiger partial charge < -0.3 is 24.8 Å². The third kappa shape index (κ3) is 13.8. The lowest BCUT2D eigenvalue weighted by Crippen LogP contribution is -2.42. The summed E-state index contributed by atoms with van der Waals surface area (Å²) in [4.78, 5) is 39.1. The smallest absolute Gasteiger partial charge is 0.336 e. The van der Waals surface area contributed by atoms with Gasteiger partial charge in [0.1, 0.15) is 0 Å². The van der Waals surface area contributed by atoms with Gasteiger partial charge >= 0.3 is 12.0 Å². The number of carbonyl (C=O) groups excluding carboxylic acids is 2. The number of urea groups is 1. The van der Waals surface area contributed by atoms with Gasteiger partial charge in [-0.3, -0.25) is 0 Å². The average molecular weight is 610 g/mol. The molecule has 1 aliphatic rings. The summed E-state index contributed by atoms with van der Waals surface area (Å²) in [6.45, 7) is 11.1. The summed E-state index contributed by atoms with van der Waals surface area (Å²) in [6.07, 6.45) is 9.33. The van der Waals surface area contributed by atoms with Crippen molar-refractivity contribution in [3.05, 3.63) is 70.3 Å². The number of nitrogens with zero attached hydrogens (tertiary/aromatic N) is 2. The minimum Gasteiger partial charge on any atom is -0.478 e. The van der Waals surface area contributed by atoms with E-state index in [1.54, 1.807) is 0 Å². The van der Waals surface area contributed by atoms with E-state index in [1.807, 2.05) is 30.0 Å². The Hall–Kier alpha value is -3.52. The predicted molar refractivity (Wildman–Crippen MR) is 173 cm³/mol. The first-order valence-corrected chi connectivity index (χ1v) is 16.0. The molecule has 1 fully saturated rings. The number of amides is 2. The van der Waals surface area contributed by atoms with Gasteiger partial charge in [-0.25, -0.2) is 19.4 Å². The molecule has 2 aromatic carbocycles.